The van der Waals surface area contributed by atoms with E-state index in [2.05, 4.69) is 162 Å². The molecule has 9 aromatic rings. The van der Waals surface area contributed by atoms with Gasteiger partial charge in [0.25, 0.3) is 0 Å². The molecule has 0 atom stereocenters. The Morgan fingerprint density at radius 1 is 0.540 bits per heavy atom. The van der Waals surface area contributed by atoms with E-state index in [1.165, 1.54) is 98.4 Å². The van der Waals surface area contributed by atoms with Crippen molar-refractivity contribution in [2.24, 2.45) is 0 Å². The van der Waals surface area contributed by atoms with Crippen LogP contribution in [0.5, 0.6) is 0 Å². The minimum Gasteiger partial charge on any atom is -0.454 e. The van der Waals surface area contributed by atoms with Gasteiger partial charge in [0.15, 0.2) is 13.7 Å². The lowest BCUT2D eigenvalue weighted by atomic mass is 9.45. The number of furan rings is 1. The van der Waals surface area contributed by atoms with Gasteiger partial charge < -0.3 is 13.8 Å². The van der Waals surface area contributed by atoms with Gasteiger partial charge in [0.1, 0.15) is 5.58 Å². The molecule has 5 heteroatoms. The number of aryl methyl sites for hydroxylation is 1. The molecule has 0 aliphatic carbocycles. The minimum absolute atomic E-state index is 0.00842. The molecule has 13 rings (SSSR count). The molecule has 0 saturated heterocycles. The Labute approximate surface area is 289 Å². The number of rotatable bonds is 0. The van der Waals surface area contributed by atoms with Crippen LogP contribution >= 0.6 is 0 Å². The highest BCUT2D eigenvalue weighted by molar-refractivity contribution is 7.24. The first kappa shape index (κ1) is 25.9. The van der Waals surface area contributed by atoms with Crippen LogP contribution in [0, 0.1) is 6.92 Å². The van der Waals surface area contributed by atoms with E-state index in [1.54, 1.807) is 0 Å². The van der Waals surface area contributed by atoms with E-state index in [0.29, 0.717) is 0 Å². The van der Waals surface area contributed by atoms with E-state index in [0.717, 1.165) is 11.2 Å². The summed E-state index contributed by atoms with van der Waals surface area (Å²) in [5.41, 5.74) is 17.7. The van der Waals surface area contributed by atoms with Gasteiger partial charge in [-0.3, -0.25) is 0 Å². The molecule has 3 nitrogen and oxygen atoms in total. The van der Waals surface area contributed by atoms with Crippen LogP contribution in [0.25, 0.3) is 55.2 Å². The second-order valence-electron chi connectivity index (χ2n) is 14.4. The van der Waals surface area contributed by atoms with Crippen LogP contribution in [0.3, 0.4) is 0 Å². The molecule has 0 fully saturated rings. The van der Waals surface area contributed by atoms with E-state index in [1.807, 2.05) is 0 Å². The zero-order valence-electron chi connectivity index (χ0n) is 27.2. The summed E-state index contributed by atoms with van der Waals surface area (Å²) in [4.78, 5) is 2.64. The lowest BCUT2D eigenvalue weighted by Crippen LogP contribution is -2.77. The number of nitrogens with zero attached hydrogens (tertiary/aromatic N) is 2. The van der Waals surface area contributed by atoms with Gasteiger partial charge in [-0.05, 0) is 91.2 Å². The number of hydrogen-bond donors (Lipinski definition) is 0. The quantitative estimate of drug-likeness (QED) is 0.166. The van der Waals surface area contributed by atoms with Crippen LogP contribution in [0.4, 0.5) is 17.1 Å². The maximum atomic E-state index is 6.74. The first-order chi connectivity index (χ1) is 24.7. The Bertz CT molecular complexity index is 3000. The fraction of sp³-hybridized carbons (Fsp3) is 0.0222. The Morgan fingerprint density at radius 3 is 2.04 bits per heavy atom. The molecule has 50 heavy (non-hydrogen) atoms. The maximum absolute atomic E-state index is 6.74. The van der Waals surface area contributed by atoms with Gasteiger partial charge in [0.2, 0.25) is 0 Å². The average molecular weight is 651 g/mol. The number of aromatic nitrogens is 1. The lowest BCUT2D eigenvalue weighted by molar-refractivity contribution is 0.673. The van der Waals surface area contributed by atoms with Gasteiger partial charge in [0, 0.05) is 38.9 Å². The number of hydrogen-bond acceptors (Lipinski definition) is 2. The molecule has 4 aliphatic rings. The average Bonchev–Trinajstić information content (AvgIpc) is 3.80. The predicted octanol–water partition coefficient (Wildman–Crippen LogP) is 6.94. The highest BCUT2D eigenvalue weighted by Gasteiger charge is 2.56. The van der Waals surface area contributed by atoms with Crippen LogP contribution in [-0.2, 0) is 0 Å². The molecule has 0 amide bonds. The molecule has 1 spiro atoms. The Hall–Kier alpha value is -6.04. The smallest absolute Gasteiger partial charge is 0.333 e. The maximum Gasteiger partial charge on any atom is 0.333 e. The highest BCUT2D eigenvalue weighted by Crippen LogP contribution is 2.48. The molecular weight excluding hydrogens is 623 g/mol. The van der Waals surface area contributed by atoms with Crippen molar-refractivity contribution in [1.29, 1.82) is 0 Å². The van der Waals surface area contributed by atoms with Crippen LogP contribution < -0.4 is 36.6 Å². The number of fused-ring (bicyclic) bond motifs is 18. The third-order valence-corrected chi connectivity index (χ3v) is 17.1. The third-order valence-electron chi connectivity index (χ3n) is 12.2. The summed E-state index contributed by atoms with van der Waals surface area (Å²) in [6, 6.07) is 55.2. The summed E-state index contributed by atoms with van der Waals surface area (Å²) in [6.45, 7) is 2.25. The monoisotopic (exact) mass is 650 g/mol. The molecule has 2 aromatic heterocycles. The largest absolute Gasteiger partial charge is 0.454 e. The molecule has 0 radical (unpaired) electrons. The zero-order chi connectivity index (χ0) is 32.5. The Morgan fingerprint density at radius 2 is 1.20 bits per heavy atom. The lowest BCUT2D eigenvalue weighted by Gasteiger charge is -2.49. The molecule has 7 aromatic carbocycles. The normalized spacial score (nSPS) is 15.0. The summed E-state index contributed by atoms with van der Waals surface area (Å²) >= 11 is 0. The van der Waals surface area contributed by atoms with Gasteiger partial charge in [-0.25, -0.2) is 0 Å². The minimum atomic E-state index is -2.70. The molecular formula is C45H27BN2OSi. The van der Waals surface area contributed by atoms with Crippen molar-refractivity contribution >= 4 is 96.6 Å². The summed E-state index contributed by atoms with van der Waals surface area (Å²) in [6.07, 6.45) is 0. The van der Waals surface area contributed by atoms with Gasteiger partial charge in [-0.1, -0.05) is 115 Å². The van der Waals surface area contributed by atoms with E-state index < -0.39 is 8.07 Å². The van der Waals surface area contributed by atoms with E-state index >= 15 is 0 Å². The van der Waals surface area contributed by atoms with Gasteiger partial charge >= 0.3 is 6.85 Å². The van der Waals surface area contributed by atoms with E-state index in [9.17, 15) is 0 Å². The van der Waals surface area contributed by atoms with Crippen molar-refractivity contribution in [1.82, 2.24) is 4.48 Å². The fourth-order valence-corrected chi connectivity index (χ4v) is 16.1. The van der Waals surface area contributed by atoms with Crippen molar-refractivity contribution in [2.75, 3.05) is 4.90 Å². The van der Waals surface area contributed by atoms with Crippen LogP contribution in [0.2, 0.25) is 0 Å². The van der Waals surface area contributed by atoms with Crippen molar-refractivity contribution in [3.05, 3.63) is 151 Å². The van der Waals surface area contributed by atoms with Crippen LogP contribution in [0.15, 0.2) is 150 Å². The van der Waals surface area contributed by atoms with E-state index in [-0.39, 0.29) is 6.85 Å². The summed E-state index contributed by atoms with van der Waals surface area (Å²) in [5, 5.41) is 8.30. The molecule has 0 unspecified atom stereocenters. The highest BCUT2D eigenvalue weighted by atomic mass is 28.3. The van der Waals surface area contributed by atoms with Crippen molar-refractivity contribution < 1.29 is 4.42 Å². The zero-order valence-corrected chi connectivity index (χ0v) is 28.2. The summed E-state index contributed by atoms with van der Waals surface area (Å²) in [5.74, 6) is 0. The summed E-state index contributed by atoms with van der Waals surface area (Å²) in [7, 11) is -2.70. The first-order valence-corrected chi connectivity index (χ1v) is 19.6. The molecule has 0 N–H and O–H groups in total. The number of para-hydroxylation sites is 4. The molecule has 0 bridgehead atoms. The van der Waals surface area contributed by atoms with Crippen molar-refractivity contribution in [3.63, 3.8) is 0 Å². The van der Waals surface area contributed by atoms with Crippen LogP contribution in [-0.4, -0.2) is 19.4 Å². The molecule has 230 valence electrons. The van der Waals surface area contributed by atoms with Crippen LogP contribution in [0.1, 0.15) is 5.56 Å². The second kappa shape index (κ2) is 8.57. The molecule has 4 aliphatic heterocycles. The topological polar surface area (TPSA) is 21.3 Å². The Kier molecular flexibility index (Phi) is 4.44. The van der Waals surface area contributed by atoms with E-state index in [4.69, 9.17) is 4.42 Å². The standard InChI is InChI=1S/C45H27BN2OSi/c1-26-24-32-29-15-10-16-31-42(29)48(43-30-14-2-6-19-36(30)49-45(31)43)46-33-17-11-23-40-44(33)47(35(25-26)41(32)46)34-18-5-9-22-39(34)50(40)37-20-7-3-12-27(37)28-13-4-8-21-38(28)50/h2-25H,1H3. The van der Waals surface area contributed by atoms with Gasteiger partial charge in [-0.2, -0.15) is 0 Å². The fourth-order valence-electron chi connectivity index (χ4n) is 10.6. The number of benzene rings is 7. The first-order valence-electron chi connectivity index (χ1n) is 17.6. The predicted molar refractivity (Wildman–Crippen MR) is 211 cm³/mol. The molecule has 0 saturated carbocycles. The third kappa shape index (κ3) is 2.68. The van der Waals surface area contributed by atoms with Crippen molar-refractivity contribution in [3.8, 4) is 22.3 Å². The SMILES string of the molecule is Cc1cc2c3c(c1)N1c4ccccc4[Si]4(c5ccccc5-c5ccccc54)c4cccc(c41)B3n1c3c-2cccc3c2oc3ccccc3c21. The Balaban J connectivity index is 1.25. The van der Waals surface area contributed by atoms with Crippen molar-refractivity contribution in [2.45, 2.75) is 6.92 Å². The van der Waals surface area contributed by atoms with Gasteiger partial charge in [0.05, 0.1) is 5.52 Å². The van der Waals surface area contributed by atoms with Gasteiger partial charge in [-0.15, -0.1) is 0 Å². The number of anilines is 3. The summed E-state index contributed by atoms with van der Waals surface area (Å²) < 4.78 is 9.38. The molecule has 6 heterocycles. The second-order valence-corrected chi connectivity index (χ2v) is 18.1.